The fraction of sp³-hybridized carbons (Fsp3) is 0.692. The standard InChI is InChI=1S/C13H18N2O3S/c1-17-11-3-5-15(8-13(11)4-2-6-18-13)12(16)10-7-14-9-19-10/h7,9,11H,2-6,8H2,1H3/t11-,13-/m0/s1. The lowest BCUT2D eigenvalue weighted by molar-refractivity contribution is -0.137. The maximum atomic E-state index is 12.4. The minimum Gasteiger partial charge on any atom is -0.378 e. The van der Waals surface area contributed by atoms with Crippen LogP contribution in [-0.4, -0.2) is 54.3 Å². The lowest BCUT2D eigenvalue weighted by Crippen LogP contribution is -2.58. The number of aromatic nitrogens is 1. The number of hydrogen-bond acceptors (Lipinski definition) is 5. The molecule has 19 heavy (non-hydrogen) atoms. The van der Waals surface area contributed by atoms with Gasteiger partial charge in [-0.3, -0.25) is 9.78 Å². The molecule has 1 amide bonds. The predicted octanol–water partition coefficient (Wildman–Crippen LogP) is 1.55. The van der Waals surface area contributed by atoms with Gasteiger partial charge in [-0.05, 0) is 19.3 Å². The van der Waals surface area contributed by atoms with Crippen molar-refractivity contribution in [2.75, 3.05) is 26.8 Å². The van der Waals surface area contributed by atoms with Crippen LogP contribution in [0.4, 0.5) is 0 Å². The first-order chi connectivity index (χ1) is 9.25. The number of likely N-dealkylation sites (tertiary alicyclic amines) is 1. The minimum atomic E-state index is -0.298. The molecule has 2 saturated heterocycles. The highest BCUT2D eigenvalue weighted by Crippen LogP contribution is 2.36. The lowest BCUT2D eigenvalue weighted by atomic mass is 9.86. The first-order valence-corrected chi connectivity index (χ1v) is 7.48. The molecule has 0 saturated carbocycles. The molecule has 1 spiro atoms. The highest BCUT2D eigenvalue weighted by Gasteiger charge is 2.48. The van der Waals surface area contributed by atoms with Gasteiger partial charge in [0.15, 0.2) is 0 Å². The predicted molar refractivity (Wildman–Crippen MR) is 71.3 cm³/mol. The van der Waals surface area contributed by atoms with E-state index in [0.717, 1.165) is 32.4 Å². The number of ether oxygens (including phenoxy) is 2. The maximum absolute atomic E-state index is 12.4. The number of carbonyl (C=O) groups excluding carboxylic acids is 1. The summed E-state index contributed by atoms with van der Waals surface area (Å²) >= 11 is 1.39. The van der Waals surface area contributed by atoms with Crippen molar-refractivity contribution in [1.82, 2.24) is 9.88 Å². The molecule has 2 aliphatic heterocycles. The Bertz CT molecular complexity index is 443. The Hall–Kier alpha value is -0.980. The van der Waals surface area contributed by atoms with Crippen LogP contribution >= 0.6 is 11.3 Å². The second-order valence-corrected chi connectivity index (χ2v) is 6.01. The number of thiazole rings is 1. The molecule has 1 aromatic heterocycles. The van der Waals surface area contributed by atoms with Gasteiger partial charge < -0.3 is 14.4 Å². The average Bonchev–Trinajstić information content (AvgIpc) is 3.10. The van der Waals surface area contributed by atoms with E-state index in [0.29, 0.717) is 11.4 Å². The average molecular weight is 282 g/mol. The largest absolute Gasteiger partial charge is 0.378 e. The molecule has 0 aliphatic carbocycles. The zero-order chi connectivity index (χ0) is 13.3. The Morgan fingerprint density at radius 1 is 1.68 bits per heavy atom. The van der Waals surface area contributed by atoms with Crippen molar-refractivity contribution >= 4 is 17.2 Å². The van der Waals surface area contributed by atoms with E-state index in [2.05, 4.69) is 4.98 Å². The fourth-order valence-corrected chi connectivity index (χ4v) is 3.71. The van der Waals surface area contributed by atoms with Crippen molar-refractivity contribution in [1.29, 1.82) is 0 Å². The number of hydrogen-bond donors (Lipinski definition) is 0. The molecule has 0 bridgehead atoms. The van der Waals surface area contributed by atoms with E-state index < -0.39 is 0 Å². The summed E-state index contributed by atoms with van der Waals surface area (Å²) < 4.78 is 11.5. The van der Waals surface area contributed by atoms with E-state index in [-0.39, 0.29) is 17.6 Å². The van der Waals surface area contributed by atoms with Crippen molar-refractivity contribution in [3.8, 4) is 0 Å². The number of methoxy groups -OCH3 is 1. The van der Waals surface area contributed by atoms with E-state index >= 15 is 0 Å². The lowest BCUT2D eigenvalue weighted by Gasteiger charge is -2.44. The monoisotopic (exact) mass is 282 g/mol. The molecular formula is C13H18N2O3S. The molecule has 2 fully saturated rings. The fourth-order valence-electron chi connectivity index (χ4n) is 3.12. The van der Waals surface area contributed by atoms with Crippen LogP contribution in [0.5, 0.6) is 0 Å². The van der Waals surface area contributed by atoms with Crippen LogP contribution in [0.1, 0.15) is 28.9 Å². The molecule has 3 heterocycles. The summed E-state index contributed by atoms with van der Waals surface area (Å²) in [5.41, 5.74) is 1.39. The van der Waals surface area contributed by atoms with Gasteiger partial charge in [-0.15, -0.1) is 11.3 Å². The second-order valence-electron chi connectivity index (χ2n) is 5.12. The second kappa shape index (κ2) is 5.19. The number of rotatable bonds is 2. The number of nitrogens with zero attached hydrogens (tertiary/aromatic N) is 2. The summed E-state index contributed by atoms with van der Waals surface area (Å²) in [7, 11) is 1.73. The summed E-state index contributed by atoms with van der Waals surface area (Å²) in [4.78, 5) is 19.0. The number of carbonyl (C=O) groups is 1. The summed E-state index contributed by atoms with van der Waals surface area (Å²) in [6, 6.07) is 0. The van der Waals surface area contributed by atoms with Crippen LogP contribution in [0.3, 0.4) is 0 Å². The van der Waals surface area contributed by atoms with Crippen LogP contribution in [0.25, 0.3) is 0 Å². The molecule has 1 aromatic rings. The van der Waals surface area contributed by atoms with Crippen molar-refractivity contribution < 1.29 is 14.3 Å². The Morgan fingerprint density at radius 2 is 2.58 bits per heavy atom. The Morgan fingerprint density at radius 3 is 3.21 bits per heavy atom. The minimum absolute atomic E-state index is 0.0620. The van der Waals surface area contributed by atoms with Crippen LogP contribution in [-0.2, 0) is 9.47 Å². The zero-order valence-electron chi connectivity index (χ0n) is 11.0. The van der Waals surface area contributed by atoms with Crippen molar-refractivity contribution in [2.45, 2.75) is 31.0 Å². The van der Waals surface area contributed by atoms with Gasteiger partial charge in [-0.2, -0.15) is 0 Å². The Labute approximate surface area is 116 Å². The highest BCUT2D eigenvalue weighted by atomic mass is 32.1. The SMILES string of the molecule is CO[C@H]1CCN(C(=O)c2cncs2)C[C@@]12CCCO2. The Kier molecular flexibility index (Phi) is 3.56. The van der Waals surface area contributed by atoms with Gasteiger partial charge in [0.1, 0.15) is 10.5 Å². The van der Waals surface area contributed by atoms with Gasteiger partial charge in [0.25, 0.3) is 5.91 Å². The van der Waals surface area contributed by atoms with Crippen LogP contribution in [0, 0.1) is 0 Å². The van der Waals surface area contributed by atoms with Gasteiger partial charge in [0, 0.05) is 20.3 Å². The first-order valence-electron chi connectivity index (χ1n) is 6.60. The summed E-state index contributed by atoms with van der Waals surface area (Å²) in [5.74, 6) is 0.0620. The highest BCUT2D eigenvalue weighted by molar-refractivity contribution is 7.11. The molecule has 0 radical (unpaired) electrons. The van der Waals surface area contributed by atoms with E-state index in [1.54, 1.807) is 18.8 Å². The molecule has 2 aliphatic rings. The number of piperidine rings is 1. The Balaban J connectivity index is 1.77. The molecule has 0 N–H and O–H groups in total. The topological polar surface area (TPSA) is 51.7 Å². The zero-order valence-corrected chi connectivity index (χ0v) is 11.8. The van der Waals surface area contributed by atoms with Gasteiger partial charge in [-0.1, -0.05) is 0 Å². The maximum Gasteiger partial charge on any atom is 0.265 e. The molecule has 3 rings (SSSR count). The van der Waals surface area contributed by atoms with E-state index in [1.807, 2.05) is 4.90 Å². The third kappa shape index (κ3) is 2.28. The van der Waals surface area contributed by atoms with Crippen LogP contribution in [0.15, 0.2) is 11.7 Å². The normalized spacial score (nSPS) is 31.0. The van der Waals surface area contributed by atoms with Gasteiger partial charge >= 0.3 is 0 Å². The molecule has 0 aromatic carbocycles. The summed E-state index contributed by atoms with van der Waals surface area (Å²) in [6.07, 6.45) is 4.58. The van der Waals surface area contributed by atoms with E-state index in [1.165, 1.54) is 11.3 Å². The van der Waals surface area contributed by atoms with Crippen molar-refractivity contribution in [2.24, 2.45) is 0 Å². The third-order valence-electron chi connectivity index (χ3n) is 4.06. The third-order valence-corrected chi connectivity index (χ3v) is 4.82. The summed E-state index contributed by atoms with van der Waals surface area (Å²) in [5, 5.41) is 0. The molecular weight excluding hydrogens is 264 g/mol. The van der Waals surface area contributed by atoms with Crippen LogP contribution < -0.4 is 0 Å². The quantitative estimate of drug-likeness (QED) is 0.826. The summed E-state index contributed by atoms with van der Waals surface area (Å²) in [6.45, 7) is 2.12. The van der Waals surface area contributed by atoms with Crippen molar-refractivity contribution in [3.05, 3.63) is 16.6 Å². The van der Waals surface area contributed by atoms with Gasteiger partial charge in [-0.25, -0.2) is 0 Å². The van der Waals surface area contributed by atoms with Gasteiger partial charge in [0.2, 0.25) is 0 Å². The number of amides is 1. The van der Waals surface area contributed by atoms with E-state index in [9.17, 15) is 4.79 Å². The molecule has 5 nitrogen and oxygen atoms in total. The first kappa shape index (κ1) is 13.0. The smallest absolute Gasteiger partial charge is 0.265 e. The van der Waals surface area contributed by atoms with Crippen LogP contribution in [0.2, 0.25) is 0 Å². The molecule has 2 atom stereocenters. The molecule has 0 unspecified atom stereocenters. The molecule has 6 heteroatoms. The van der Waals surface area contributed by atoms with E-state index in [4.69, 9.17) is 9.47 Å². The van der Waals surface area contributed by atoms with Gasteiger partial charge in [0.05, 0.1) is 24.4 Å². The van der Waals surface area contributed by atoms with Crippen molar-refractivity contribution in [3.63, 3.8) is 0 Å². The molecule has 104 valence electrons.